The molecule has 2 N–H and O–H groups in total. The second-order valence-electron chi connectivity index (χ2n) is 3.45. The fourth-order valence-corrected chi connectivity index (χ4v) is 1.72. The molecule has 0 saturated heterocycles. The van der Waals surface area contributed by atoms with E-state index in [1.807, 2.05) is 4.98 Å². The summed E-state index contributed by atoms with van der Waals surface area (Å²) in [7, 11) is 1.42. The number of methoxy groups -OCH3 is 1. The molecule has 1 heterocycles. The molecule has 2 rings (SSSR count). The normalized spacial score (nSPS) is 10.3. The molecular weight excluding hydrogens is 260 g/mol. The van der Waals surface area contributed by atoms with E-state index in [1.165, 1.54) is 13.2 Å². The molecule has 1 aromatic heterocycles. The lowest BCUT2D eigenvalue weighted by Gasteiger charge is -2.11. The van der Waals surface area contributed by atoms with Crippen LogP contribution in [0.1, 0.15) is 0 Å². The molecule has 0 radical (unpaired) electrons. The molecule has 18 heavy (non-hydrogen) atoms. The molecule has 1 aromatic carbocycles. The van der Waals surface area contributed by atoms with E-state index in [-0.39, 0.29) is 5.69 Å². The summed E-state index contributed by atoms with van der Waals surface area (Å²) in [6.07, 6.45) is 0. The Labute approximate surface area is 106 Å². The summed E-state index contributed by atoms with van der Waals surface area (Å²) in [4.78, 5) is 24.8. The Hall–Kier alpha value is -2.21. The minimum atomic E-state index is -0.777. The third-order valence-corrected chi connectivity index (χ3v) is 2.54. The van der Waals surface area contributed by atoms with Gasteiger partial charge in [-0.15, -0.1) is 0 Å². The lowest BCUT2D eigenvalue weighted by atomic mass is 10.3. The summed E-state index contributed by atoms with van der Waals surface area (Å²) >= 11 is 5.84. The van der Waals surface area contributed by atoms with Crippen molar-refractivity contribution in [1.82, 2.24) is 9.55 Å². The standard InChI is InChI=1S/C11H9ClN2O4/c1-18-8-3-2-6(12)4-7(8)14-10(16)5-9(15)13-11(14)17/h2-5,16H,1H3,(H,13,15,17). The first-order valence-corrected chi connectivity index (χ1v) is 5.30. The predicted molar refractivity (Wildman–Crippen MR) is 65.9 cm³/mol. The van der Waals surface area contributed by atoms with Crippen LogP contribution in [0.15, 0.2) is 33.9 Å². The van der Waals surface area contributed by atoms with E-state index in [1.54, 1.807) is 12.1 Å². The van der Waals surface area contributed by atoms with Crippen LogP contribution in [0.2, 0.25) is 5.02 Å². The number of hydrogen-bond acceptors (Lipinski definition) is 4. The first kappa shape index (κ1) is 12.3. The zero-order valence-electron chi connectivity index (χ0n) is 9.31. The average Bonchev–Trinajstić information content (AvgIpc) is 2.28. The molecule has 0 saturated carbocycles. The lowest BCUT2D eigenvalue weighted by Crippen LogP contribution is -2.28. The van der Waals surface area contributed by atoms with Crippen molar-refractivity contribution in [3.63, 3.8) is 0 Å². The molecular formula is C11H9ClN2O4. The van der Waals surface area contributed by atoms with Gasteiger partial charge in [0.15, 0.2) is 0 Å². The van der Waals surface area contributed by atoms with Crippen molar-refractivity contribution in [2.45, 2.75) is 0 Å². The molecule has 6 nitrogen and oxygen atoms in total. The average molecular weight is 269 g/mol. The Morgan fingerprint density at radius 3 is 2.67 bits per heavy atom. The van der Waals surface area contributed by atoms with Crippen molar-refractivity contribution < 1.29 is 9.84 Å². The topological polar surface area (TPSA) is 84.3 Å². The molecule has 0 aliphatic rings. The summed E-state index contributed by atoms with van der Waals surface area (Å²) in [5, 5.41) is 10.0. The highest BCUT2D eigenvalue weighted by Crippen LogP contribution is 2.27. The molecule has 0 aliphatic carbocycles. The van der Waals surface area contributed by atoms with Crippen LogP contribution in [0.5, 0.6) is 11.6 Å². The van der Waals surface area contributed by atoms with E-state index in [9.17, 15) is 14.7 Å². The minimum absolute atomic E-state index is 0.240. The van der Waals surface area contributed by atoms with Gasteiger partial charge in [-0.25, -0.2) is 9.36 Å². The number of rotatable bonds is 2. The highest BCUT2D eigenvalue weighted by molar-refractivity contribution is 6.30. The number of aromatic hydroxyl groups is 1. The van der Waals surface area contributed by atoms with Gasteiger partial charge in [-0.1, -0.05) is 11.6 Å². The molecule has 94 valence electrons. The first-order chi connectivity index (χ1) is 8.52. The second-order valence-corrected chi connectivity index (χ2v) is 3.88. The summed E-state index contributed by atoms with van der Waals surface area (Å²) in [5.74, 6) is -0.159. The molecule has 7 heteroatoms. The molecule has 0 unspecified atom stereocenters. The number of aromatic amines is 1. The van der Waals surface area contributed by atoms with Gasteiger partial charge in [-0.05, 0) is 18.2 Å². The van der Waals surface area contributed by atoms with E-state index >= 15 is 0 Å². The maximum atomic E-state index is 11.7. The van der Waals surface area contributed by atoms with Gasteiger partial charge in [0.05, 0.1) is 18.9 Å². The van der Waals surface area contributed by atoms with Crippen LogP contribution in [0, 0.1) is 0 Å². The van der Waals surface area contributed by atoms with Crippen molar-refractivity contribution in [3.05, 3.63) is 50.1 Å². The van der Waals surface area contributed by atoms with E-state index in [2.05, 4.69) is 0 Å². The summed E-state index contributed by atoms with van der Waals surface area (Å²) in [6.45, 7) is 0. The van der Waals surface area contributed by atoms with Crippen molar-refractivity contribution in [1.29, 1.82) is 0 Å². The quantitative estimate of drug-likeness (QED) is 0.847. The van der Waals surface area contributed by atoms with Gasteiger partial charge in [0, 0.05) is 5.02 Å². The van der Waals surface area contributed by atoms with Gasteiger partial charge in [0.1, 0.15) is 5.75 Å². The Kier molecular flexibility index (Phi) is 3.12. The number of nitrogens with zero attached hydrogens (tertiary/aromatic N) is 1. The number of nitrogens with one attached hydrogen (secondary N) is 1. The van der Waals surface area contributed by atoms with Crippen LogP contribution in [-0.4, -0.2) is 21.8 Å². The van der Waals surface area contributed by atoms with Crippen LogP contribution < -0.4 is 16.0 Å². The van der Waals surface area contributed by atoms with Crippen LogP contribution in [0.4, 0.5) is 0 Å². The van der Waals surface area contributed by atoms with E-state index in [4.69, 9.17) is 16.3 Å². The van der Waals surface area contributed by atoms with Gasteiger partial charge >= 0.3 is 5.69 Å². The Bertz CT molecular complexity index is 705. The Morgan fingerprint density at radius 1 is 1.33 bits per heavy atom. The van der Waals surface area contributed by atoms with E-state index in [0.29, 0.717) is 10.8 Å². The number of H-pyrrole nitrogens is 1. The number of hydrogen-bond donors (Lipinski definition) is 2. The lowest BCUT2D eigenvalue weighted by molar-refractivity contribution is 0.402. The molecule has 0 fully saturated rings. The first-order valence-electron chi connectivity index (χ1n) is 4.92. The summed E-state index contributed by atoms with van der Waals surface area (Å²) in [6, 6.07) is 5.47. The van der Waals surface area contributed by atoms with Gasteiger partial charge in [-0.3, -0.25) is 9.78 Å². The zero-order valence-corrected chi connectivity index (χ0v) is 10.1. The zero-order chi connectivity index (χ0) is 13.3. The van der Waals surface area contributed by atoms with Gasteiger partial charge < -0.3 is 9.84 Å². The van der Waals surface area contributed by atoms with Crippen LogP contribution in [0.3, 0.4) is 0 Å². The SMILES string of the molecule is COc1ccc(Cl)cc1-n1c(O)cc(=O)[nH]c1=O. The molecule has 2 aromatic rings. The Balaban J connectivity index is 2.80. The third-order valence-electron chi connectivity index (χ3n) is 2.30. The molecule has 0 amide bonds. The number of benzene rings is 1. The molecule has 0 atom stereocenters. The predicted octanol–water partition coefficient (Wildman–Crippen LogP) is 0.893. The minimum Gasteiger partial charge on any atom is -0.495 e. The van der Waals surface area contributed by atoms with Gasteiger partial charge in [-0.2, -0.15) is 0 Å². The van der Waals surface area contributed by atoms with Crippen molar-refractivity contribution >= 4 is 11.6 Å². The van der Waals surface area contributed by atoms with Gasteiger partial charge in [0.2, 0.25) is 5.88 Å². The molecule has 0 spiro atoms. The van der Waals surface area contributed by atoms with Crippen LogP contribution >= 0.6 is 11.6 Å². The van der Waals surface area contributed by atoms with Crippen LogP contribution in [-0.2, 0) is 0 Å². The fourth-order valence-electron chi connectivity index (χ4n) is 1.55. The van der Waals surface area contributed by atoms with Crippen molar-refractivity contribution in [3.8, 4) is 17.3 Å². The number of halogens is 1. The monoisotopic (exact) mass is 268 g/mol. The summed E-state index contributed by atoms with van der Waals surface area (Å²) < 4.78 is 5.97. The fraction of sp³-hybridized carbons (Fsp3) is 0.0909. The Morgan fingerprint density at radius 2 is 2.06 bits per heavy atom. The summed E-state index contributed by atoms with van der Waals surface area (Å²) in [5.41, 5.74) is -1.22. The highest BCUT2D eigenvalue weighted by Gasteiger charge is 2.12. The molecule has 0 bridgehead atoms. The maximum Gasteiger partial charge on any atom is 0.335 e. The number of ether oxygens (including phenoxy) is 1. The largest absolute Gasteiger partial charge is 0.495 e. The maximum absolute atomic E-state index is 11.7. The third kappa shape index (κ3) is 2.10. The van der Waals surface area contributed by atoms with E-state index in [0.717, 1.165) is 10.6 Å². The highest BCUT2D eigenvalue weighted by atomic mass is 35.5. The van der Waals surface area contributed by atoms with E-state index < -0.39 is 17.1 Å². The smallest absolute Gasteiger partial charge is 0.335 e. The van der Waals surface area contributed by atoms with Crippen LogP contribution in [0.25, 0.3) is 5.69 Å². The van der Waals surface area contributed by atoms with Crippen molar-refractivity contribution in [2.75, 3.05) is 7.11 Å². The second kappa shape index (κ2) is 4.58. The van der Waals surface area contributed by atoms with Gasteiger partial charge in [0.25, 0.3) is 5.56 Å². The molecule has 0 aliphatic heterocycles. The number of aromatic nitrogens is 2. The van der Waals surface area contributed by atoms with Crippen molar-refractivity contribution in [2.24, 2.45) is 0 Å².